The van der Waals surface area contributed by atoms with Crippen molar-refractivity contribution >= 4 is 34.2 Å². The highest BCUT2D eigenvalue weighted by Crippen LogP contribution is 2.32. The minimum absolute atomic E-state index is 0.00557. The first-order valence-electron chi connectivity index (χ1n) is 9.63. The predicted octanol–water partition coefficient (Wildman–Crippen LogP) is 5.23. The minimum atomic E-state index is -0.835. The number of benzene rings is 3. The zero-order chi connectivity index (χ0) is 21.8. The maximum atomic E-state index is 14.0. The van der Waals surface area contributed by atoms with Gasteiger partial charge in [-0.2, -0.15) is 0 Å². The molecule has 1 aromatic heterocycles. The van der Waals surface area contributed by atoms with E-state index in [4.69, 9.17) is 9.15 Å². The van der Waals surface area contributed by atoms with E-state index < -0.39 is 23.7 Å². The average Bonchev–Trinajstić information content (AvgIpc) is 3.14. The van der Waals surface area contributed by atoms with E-state index in [-0.39, 0.29) is 17.1 Å². The molecule has 1 atom stereocenters. The van der Waals surface area contributed by atoms with Crippen LogP contribution in [0.15, 0.2) is 83.3 Å². The molecule has 0 aliphatic carbocycles. The lowest BCUT2D eigenvalue weighted by Gasteiger charge is -2.15. The Morgan fingerprint density at radius 2 is 1.58 bits per heavy atom. The van der Waals surface area contributed by atoms with Gasteiger partial charge in [0, 0.05) is 5.39 Å². The third-order valence-electron chi connectivity index (χ3n) is 4.60. The van der Waals surface area contributed by atoms with E-state index in [2.05, 4.69) is 10.6 Å². The summed E-state index contributed by atoms with van der Waals surface area (Å²) in [5, 5.41) is 5.75. The summed E-state index contributed by atoms with van der Waals surface area (Å²) in [7, 11) is 0. The Hall–Kier alpha value is -4.13. The average molecular weight is 418 g/mol. The van der Waals surface area contributed by atoms with E-state index in [0.717, 1.165) is 0 Å². The molecule has 6 nitrogen and oxygen atoms in total. The van der Waals surface area contributed by atoms with Crippen molar-refractivity contribution in [2.45, 2.75) is 13.0 Å². The van der Waals surface area contributed by atoms with Gasteiger partial charge in [0.2, 0.25) is 5.76 Å². The zero-order valence-corrected chi connectivity index (χ0v) is 16.6. The number of anilines is 2. The third-order valence-corrected chi connectivity index (χ3v) is 4.60. The van der Waals surface area contributed by atoms with E-state index in [9.17, 15) is 14.0 Å². The Morgan fingerprint density at radius 3 is 2.35 bits per heavy atom. The van der Waals surface area contributed by atoms with E-state index in [1.165, 1.54) is 18.2 Å². The van der Waals surface area contributed by atoms with Crippen LogP contribution in [-0.2, 0) is 4.79 Å². The normalized spacial score (nSPS) is 11.7. The van der Waals surface area contributed by atoms with Crippen LogP contribution in [0.25, 0.3) is 11.0 Å². The fraction of sp³-hybridized carbons (Fsp3) is 0.0833. The lowest BCUT2D eigenvalue weighted by molar-refractivity contribution is -0.122. The van der Waals surface area contributed by atoms with Crippen molar-refractivity contribution in [3.05, 3.63) is 90.4 Å². The van der Waals surface area contributed by atoms with Gasteiger partial charge in [-0.05, 0) is 43.3 Å². The molecule has 0 bridgehead atoms. The van der Waals surface area contributed by atoms with Gasteiger partial charge in [-0.25, -0.2) is 4.39 Å². The van der Waals surface area contributed by atoms with Crippen LogP contribution in [0.5, 0.6) is 5.75 Å². The molecule has 0 aliphatic heterocycles. The molecule has 156 valence electrons. The number of halogens is 1. The fourth-order valence-electron chi connectivity index (χ4n) is 3.05. The van der Waals surface area contributed by atoms with E-state index in [0.29, 0.717) is 16.7 Å². The summed E-state index contributed by atoms with van der Waals surface area (Å²) in [6, 6.07) is 21.6. The Morgan fingerprint density at radius 1 is 0.903 bits per heavy atom. The first kappa shape index (κ1) is 20.2. The highest BCUT2D eigenvalue weighted by atomic mass is 19.1. The van der Waals surface area contributed by atoms with Crippen molar-refractivity contribution in [2.24, 2.45) is 0 Å². The van der Waals surface area contributed by atoms with Crippen molar-refractivity contribution in [3.63, 3.8) is 0 Å². The molecular formula is C24H19FN2O4. The van der Waals surface area contributed by atoms with Crippen molar-refractivity contribution in [2.75, 3.05) is 10.6 Å². The van der Waals surface area contributed by atoms with Crippen molar-refractivity contribution in [3.8, 4) is 5.75 Å². The summed E-state index contributed by atoms with van der Waals surface area (Å²) in [6.45, 7) is 1.60. The van der Waals surface area contributed by atoms with Gasteiger partial charge < -0.3 is 19.8 Å². The van der Waals surface area contributed by atoms with Gasteiger partial charge in [-0.15, -0.1) is 0 Å². The summed E-state index contributed by atoms with van der Waals surface area (Å²) in [5.74, 6) is -1.32. The minimum Gasteiger partial charge on any atom is -0.481 e. The van der Waals surface area contributed by atoms with Crippen molar-refractivity contribution < 1.29 is 23.1 Å². The van der Waals surface area contributed by atoms with Gasteiger partial charge in [0.1, 0.15) is 22.8 Å². The molecule has 1 heterocycles. The van der Waals surface area contributed by atoms with Gasteiger partial charge in [-0.1, -0.05) is 42.5 Å². The lowest BCUT2D eigenvalue weighted by Crippen LogP contribution is -2.30. The molecule has 0 unspecified atom stereocenters. The SMILES string of the molecule is C[C@H](Oc1ccccc1)C(=O)Nc1c(C(=O)Nc2ccccc2F)oc2ccccc12. The summed E-state index contributed by atoms with van der Waals surface area (Å²) < 4.78 is 25.3. The Labute approximate surface area is 177 Å². The number of hydrogen-bond acceptors (Lipinski definition) is 4. The maximum absolute atomic E-state index is 14.0. The summed E-state index contributed by atoms with van der Waals surface area (Å²) in [5.41, 5.74) is 0.608. The number of ether oxygens (including phenoxy) is 1. The number of nitrogens with one attached hydrogen (secondary N) is 2. The van der Waals surface area contributed by atoms with Crippen LogP contribution in [0.4, 0.5) is 15.8 Å². The van der Waals surface area contributed by atoms with E-state index >= 15 is 0 Å². The number of amides is 2. The predicted molar refractivity (Wildman–Crippen MR) is 116 cm³/mol. The van der Waals surface area contributed by atoms with Crippen LogP contribution < -0.4 is 15.4 Å². The zero-order valence-electron chi connectivity index (χ0n) is 16.6. The van der Waals surface area contributed by atoms with Crippen LogP contribution in [-0.4, -0.2) is 17.9 Å². The molecule has 0 saturated carbocycles. The highest BCUT2D eigenvalue weighted by molar-refractivity contribution is 6.15. The van der Waals surface area contributed by atoms with Crippen molar-refractivity contribution in [1.82, 2.24) is 0 Å². The molecule has 0 fully saturated rings. The molecule has 7 heteroatoms. The summed E-state index contributed by atoms with van der Waals surface area (Å²) in [6.07, 6.45) is -0.835. The monoisotopic (exact) mass is 418 g/mol. The van der Waals surface area contributed by atoms with Crippen LogP contribution in [0, 0.1) is 5.82 Å². The molecule has 2 amide bonds. The smallest absolute Gasteiger partial charge is 0.293 e. The number of para-hydroxylation sites is 3. The fourth-order valence-corrected chi connectivity index (χ4v) is 3.05. The standard InChI is InChI=1S/C24H19FN2O4/c1-15(30-16-9-3-2-4-10-16)23(28)27-21-17-11-5-8-14-20(17)31-22(21)24(29)26-19-13-7-6-12-18(19)25/h2-15H,1H3,(H,26,29)(H,27,28)/t15-/m0/s1. The quantitative estimate of drug-likeness (QED) is 0.449. The van der Waals surface area contributed by atoms with Crippen LogP contribution in [0.2, 0.25) is 0 Å². The first-order valence-corrected chi connectivity index (χ1v) is 9.63. The second-order valence-electron chi connectivity index (χ2n) is 6.80. The number of carbonyl (C=O) groups is 2. The lowest BCUT2D eigenvalue weighted by atomic mass is 10.2. The van der Waals surface area contributed by atoms with Gasteiger partial charge in [0.05, 0.1) is 5.69 Å². The second-order valence-corrected chi connectivity index (χ2v) is 6.80. The Kier molecular flexibility index (Phi) is 5.66. The van der Waals surface area contributed by atoms with E-state index in [1.807, 2.05) is 6.07 Å². The molecule has 3 aromatic carbocycles. The molecule has 4 rings (SSSR count). The number of carbonyl (C=O) groups excluding carboxylic acids is 2. The van der Waals surface area contributed by atoms with Gasteiger partial charge in [0.15, 0.2) is 6.10 Å². The van der Waals surface area contributed by atoms with Gasteiger partial charge in [-0.3, -0.25) is 9.59 Å². The van der Waals surface area contributed by atoms with Gasteiger partial charge >= 0.3 is 0 Å². The van der Waals surface area contributed by atoms with Crippen LogP contribution >= 0.6 is 0 Å². The molecular weight excluding hydrogens is 399 g/mol. The number of hydrogen-bond donors (Lipinski definition) is 2. The molecule has 0 saturated heterocycles. The number of rotatable bonds is 6. The third kappa shape index (κ3) is 4.40. The van der Waals surface area contributed by atoms with Crippen molar-refractivity contribution in [1.29, 1.82) is 0 Å². The molecule has 0 spiro atoms. The molecule has 31 heavy (non-hydrogen) atoms. The topological polar surface area (TPSA) is 80.6 Å². The van der Waals surface area contributed by atoms with E-state index in [1.54, 1.807) is 61.5 Å². The summed E-state index contributed by atoms with van der Waals surface area (Å²) >= 11 is 0. The summed E-state index contributed by atoms with van der Waals surface area (Å²) in [4.78, 5) is 25.6. The van der Waals surface area contributed by atoms with Gasteiger partial charge in [0.25, 0.3) is 11.8 Å². The Balaban J connectivity index is 1.61. The molecule has 4 aromatic rings. The largest absolute Gasteiger partial charge is 0.481 e. The highest BCUT2D eigenvalue weighted by Gasteiger charge is 2.25. The van der Waals surface area contributed by atoms with Crippen LogP contribution in [0.1, 0.15) is 17.5 Å². The second kappa shape index (κ2) is 8.71. The number of fused-ring (bicyclic) bond motifs is 1. The Bertz CT molecular complexity index is 1240. The first-order chi connectivity index (χ1) is 15.0. The molecule has 0 aliphatic rings. The van der Waals surface area contributed by atoms with Crippen LogP contribution in [0.3, 0.4) is 0 Å². The number of furan rings is 1. The maximum Gasteiger partial charge on any atom is 0.293 e. The molecule has 0 radical (unpaired) electrons. The molecule has 2 N–H and O–H groups in total.